The van der Waals surface area contributed by atoms with E-state index in [4.69, 9.17) is 33.7 Å². The van der Waals surface area contributed by atoms with Crippen LogP contribution in [0.5, 0.6) is 23.0 Å². The fraction of sp³-hybridized carbons (Fsp3) is 0.135. The number of methoxy groups -OCH3 is 4. The highest BCUT2D eigenvalue weighted by atomic mass is 16.5. The number of hydrogen-bond acceptors (Lipinski definition) is 8. The number of carbonyl (C=O) groups excluding carboxylic acids is 1. The second-order valence-corrected chi connectivity index (χ2v) is 14.7. The highest BCUT2D eigenvalue weighted by molar-refractivity contribution is 6.04. The average molecular weight is 821 g/mol. The van der Waals surface area contributed by atoms with Crippen molar-refractivity contribution in [3.63, 3.8) is 0 Å². The van der Waals surface area contributed by atoms with E-state index in [0.717, 1.165) is 83.7 Å². The minimum Gasteiger partial charge on any atom is -0.497 e. The summed E-state index contributed by atoms with van der Waals surface area (Å²) in [5, 5.41) is 0. The lowest BCUT2D eigenvalue weighted by Gasteiger charge is -2.10. The Bertz CT molecular complexity index is 3100. The molecule has 2 aliphatic heterocycles. The number of H-pyrrole nitrogens is 2. The Morgan fingerprint density at radius 2 is 0.887 bits per heavy atom. The van der Waals surface area contributed by atoms with Crippen molar-refractivity contribution in [3.05, 3.63) is 144 Å². The lowest BCUT2D eigenvalue weighted by molar-refractivity contribution is -0.141. The van der Waals surface area contributed by atoms with E-state index in [-0.39, 0.29) is 19.0 Å². The predicted octanol–water partition coefficient (Wildman–Crippen LogP) is 11.7. The molecule has 62 heavy (non-hydrogen) atoms. The molecule has 9 rings (SSSR count). The molecule has 10 heteroatoms. The van der Waals surface area contributed by atoms with Crippen LogP contribution in [0.1, 0.15) is 36.1 Å². The summed E-state index contributed by atoms with van der Waals surface area (Å²) in [4.78, 5) is 31.9. The number of aromatic nitrogens is 4. The molecule has 7 aromatic rings. The first-order valence-electron chi connectivity index (χ1n) is 20.3. The van der Waals surface area contributed by atoms with E-state index in [1.807, 2.05) is 104 Å². The van der Waals surface area contributed by atoms with Gasteiger partial charge in [-0.15, -0.1) is 0 Å². The molecule has 4 aromatic carbocycles. The van der Waals surface area contributed by atoms with Crippen LogP contribution < -0.4 is 18.9 Å². The first-order valence-corrected chi connectivity index (χ1v) is 20.3. The standard InChI is InChI=1S/C52H44N4O6/c1-6-62-47(57)30-35-29-46-50(33-13-9-17-38(27-33)60-4)44-22-21-42(54-44)48(31-11-7-15-36(25-31)58-2)40-19-20-41(53-40)49(32-12-8-16-37(26-32)59-3)43-23-24-45(55-43)51(52(35)56-46)34-14-10-18-39(28-34)61-5/h7-29,54-55H,6,30H2,1-5H3. The molecule has 10 nitrogen and oxygen atoms in total. The molecule has 308 valence electrons. The number of aromatic amines is 2. The SMILES string of the molecule is CCOC(=O)CC1=Cc2nc1c(-c1cccc(OC)c1)c1ccc([nH]1)c(-c1cccc(OC)c1)c1nc(c(-c3cccc(OC)c3)c3ccc([nH]3)c2-c2cccc(OC)c2)C=C1. The molecule has 0 saturated carbocycles. The maximum Gasteiger partial charge on any atom is 0.310 e. The summed E-state index contributed by atoms with van der Waals surface area (Å²) >= 11 is 0. The smallest absolute Gasteiger partial charge is 0.310 e. The zero-order valence-corrected chi connectivity index (χ0v) is 35.0. The molecule has 0 saturated heterocycles. The van der Waals surface area contributed by atoms with E-state index in [0.29, 0.717) is 34.2 Å². The zero-order chi connectivity index (χ0) is 42.7. The first-order chi connectivity index (χ1) is 30.4. The topological polar surface area (TPSA) is 121 Å². The van der Waals surface area contributed by atoms with E-state index in [1.165, 1.54) is 0 Å². The van der Waals surface area contributed by atoms with Crippen LogP contribution >= 0.6 is 0 Å². The van der Waals surface area contributed by atoms with Crippen LogP contribution in [-0.4, -0.2) is 61.0 Å². The summed E-state index contributed by atoms with van der Waals surface area (Å²) in [6.45, 7) is 2.06. The molecule has 3 aromatic heterocycles. The summed E-state index contributed by atoms with van der Waals surface area (Å²) in [5.74, 6) is 2.44. The van der Waals surface area contributed by atoms with E-state index in [2.05, 4.69) is 52.5 Å². The van der Waals surface area contributed by atoms with Gasteiger partial charge in [0.1, 0.15) is 23.0 Å². The van der Waals surface area contributed by atoms with Crippen LogP contribution in [0.2, 0.25) is 0 Å². The van der Waals surface area contributed by atoms with E-state index >= 15 is 0 Å². The van der Waals surface area contributed by atoms with E-state index < -0.39 is 0 Å². The lowest BCUT2D eigenvalue weighted by atomic mass is 9.97. The number of carbonyl (C=O) groups is 1. The Labute approximate surface area is 359 Å². The third-order valence-corrected chi connectivity index (χ3v) is 11.0. The summed E-state index contributed by atoms with van der Waals surface area (Å²) < 4.78 is 28.5. The number of hydrogen-bond donors (Lipinski definition) is 2. The van der Waals surface area contributed by atoms with Gasteiger partial charge in [-0.1, -0.05) is 48.5 Å². The van der Waals surface area contributed by atoms with Gasteiger partial charge in [0.05, 0.1) is 64.2 Å². The third kappa shape index (κ3) is 7.58. The average Bonchev–Trinajstić information content (AvgIpc) is 4.15. The minimum absolute atomic E-state index is 0.00650. The van der Waals surface area contributed by atoms with Gasteiger partial charge < -0.3 is 33.7 Å². The Kier molecular flexibility index (Phi) is 10.9. The number of benzene rings is 4. The molecule has 0 amide bonds. The van der Waals surface area contributed by atoms with Gasteiger partial charge in [0.2, 0.25) is 0 Å². The highest BCUT2D eigenvalue weighted by Gasteiger charge is 2.25. The van der Waals surface area contributed by atoms with Crippen LogP contribution in [-0.2, 0) is 9.53 Å². The number of esters is 1. The zero-order valence-electron chi connectivity index (χ0n) is 35.0. The van der Waals surface area contributed by atoms with Crippen molar-refractivity contribution in [2.45, 2.75) is 13.3 Å². The molecular weight excluding hydrogens is 777 g/mol. The molecule has 0 unspecified atom stereocenters. The molecule has 0 atom stereocenters. The van der Waals surface area contributed by atoms with Crippen molar-refractivity contribution in [3.8, 4) is 67.5 Å². The first kappa shape index (κ1) is 39.6. The van der Waals surface area contributed by atoms with Gasteiger partial charge in [-0.3, -0.25) is 4.79 Å². The fourth-order valence-corrected chi connectivity index (χ4v) is 8.18. The maximum absolute atomic E-state index is 13.5. The van der Waals surface area contributed by atoms with Crippen molar-refractivity contribution >= 4 is 51.8 Å². The number of nitrogens with zero attached hydrogens (tertiary/aromatic N) is 2. The van der Waals surface area contributed by atoms with Crippen LogP contribution in [0.4, 0.5) is 0 Å². The number of nitrogens with one attached hydrogen (secondary N) is 2. The predicted molar refractivity (Wildman–Crippen MR) is 247 cm³/mol. The van der Waals surface area contributed by atoms with Crippen LogP contribution in [0.15, 0.2) is 121 Å². The maximum atomic E-state index is 13.5. The molecule has 0 aliphatic carbocycles. The van der Waals surface area contributed by atoms with Gasteiger partial charge >= 0.3 is 5.97 Å². The van der Waals surface area contributed by atoms with Gasteiger partial charge in [-0.2, -0.15) is 0 Å². The second kappa shape index (κ2) is 17.0. The van der Waals surface area contributed by atoms with Crippen molar-refractivity contribution < 1.29 is 28.5 Å². The van der Waals surface area contributed by atoms with Crippen molar-refractivity contribution in [1.29, 1.82) is 0 Å². The van der Waals surface area contributed by atoms with Gasteiger partial charge in [-0.05, 0) is 126 Å². The molecule has 5 heterocycles. The monoisotopic (exact) mass is 820 g/mol. The summed E-state index contributed by atoms with van der Waals surface area (Å²) in [6, 6.07) is 39.9. The van der Waals surface area contributed by atoms with Crippen molar-refractivity contribution in [2.24, 2.45) is 0 Å². The van der Waals surface area contributed by atoms with Crippen molar-refractivity contribution in [2.75, 3.05) is 35.0 Å². The van der Waals surface area contributed by atoms with Crippen LogP contribution in [0.25, 0.3) is 90.4 Å². The molecule has 0 radical (unpaired) electrons. The Morgan fingerprint density at radius 3 is 1.29 bits per heavy atom. The molecule has 2 aliphatic rings. The quantitative estimate of drug-likeness (QED) is 0.124. The Balaban J connectivity index is 1.50. The fourth-order valence-electron chi connectivity index (χ4n) is 8.18. The highest BCUT2D eigenvalue weighted by Crippen LogP contribution is 2.42. The van der Waals surface area contributed by atoms with Gasteiger partial charge in [0.25, 0.3) is 0 Å². The molecule has 0 fully saturated rings. The van der Waals surface area contributed by atoms with Crippen molar-refractivity contribution in [1.82, 2.24) is 19.9 Å². The second-order valence-electron chi connectivity index (χ2n) is 14.7. The lowest BCUT2D eigenvalue weighted by Crippen LogP contribution is -2.04. The Hall–Kier alpha value is -7.85. The summed E-state index contributed by atoms with van der Waals surface area (Å²) in [5.41, 5.74) is 13.6. The largest absolute Gasteiger partial charge is 0.497 e. The van der Waals surface area contributed by atoms with Gasteiger partial charge in [-0.25, -0.2) is 9.97 Å². The van der Waals surface area contributed by atoms with E-state index in [9.17, 15) is 4.79 Å². The number of ether oxygens (including phenoxy) is 5. The third-order valence-electron chi connectivity index (χ3n) is 11.0. The minimum atomic E-state index is -0.357. The van der Waals surface area contributed by atoms with Gasteiger partial charge in [0, 0.05) is 44.3 Å². The number of rotatable bonds is 11. The molecule has 2 N–H and O–H groups in total. The Morgan fingerprint density at radius 1 is 0.500 bits per heavy atom. The van der Waals surface area contributed by atoms with E-state index in [1.54, 1.807) is 28.4 Å². The summed E-state index contributed by atoms with van der Waals surface area (Å²) in [7, 11) is 6.63. The van der Waals surface area contributed by atoms with Gasteiger partial charge in [0.15, 0.2) is 0 Å². The number of fused-ring (bicyclic) bond motifs is 8. The summed E-state index contributed by atoms with van der Waals surface area (Å²) in [6.07, 6.45) is 6.09. The molecule has 0 spiro atoms. The van der Waals surface area contributed by atoms with Crippen LogP contribution in [0.3, 0.4) is 0 Å². The molecular formula is C52H44N4O6. The molecule has 8 bridgehead atoms. The van der Waals surface area contributed by atoms with Crippen LogP contribution in [0, 0.1) is 0 Å². The normalized spacial score (nSPS) is 11.9.